The lowest BCUT2D eigenvalue weighted by Gasteiger charge is -2.32. The number of hydrogen-bond acceptors (Lipinski definition) is 4. The van der Waals surface area contributed by atoms with E-state index in [9.17, 15) is 0 Å². The summed E-state index contributed by atoms with van der Waals surface area (Å²) in [6.07, 6.45) is 8.50. The lowest BCUT2D eigenvalue weighted by atomic mass is 9.92. The van der Waals surface area contributed by atoms with E-state index in [1.165, 1.54) is 25.7 Å². The number of anilines is 2. The highest BCUT2D eigenvalue weighted by atomic mass is 15.2. The Kier molecular flexibility index (Phi) is 3.59. The molecule has 2 N–H and O–H groups in total. The van der Waals surface area contributed by atoms with Crippen molar-refractivity contribution in [1.29, 1.82) is 0 Å². The van der Waals surface area contributed by atoms with Gasteiger partial charge in [-0.05, 0) is 18.8 Å². The van der Waals surface area contributed by atoms with Crippen LogP contribution in [0.3, 0.4) is 0 Å². The molecule has 0 spiro atoms. The number of nitrogens with zero attached hydrogens (tertiary/aromatic N) is 3. The van der Waals surface area contributed by atoms with Gasteiger partial charge in [0.25, 0.3) is 0 Å². The fourth-order valence-electron chi connectivity index (χ4n) is 2.43. The third-order valence-corrected chi connectivity index (χ3v) is 3.32. The van der Waals surface area contributed by atoms with Crippen molar-refractivity contribution < 1.29 is 0 Å². The molecule has 1 fully saturated rings. The molecule has 88 valence electrons. The van der Waals surface area contributed by atoms with E-state index in [4.69, 9.17) is 5.73 Å². The average molecular weight is 220 g/mol. The number of nitrogen functional groups attached to an aromatic ring is 1. The molecule has 0 unspecified atom stereocenters. The fraction of sp³-hybridized carbons (Fsp3) is 0.667. The topological polar surface area (TPSA) is 55.0 Å². The van der Waals surface area contributed by atoms with Crippen LogP contribution in [0.2, 0.25) is 0 Å². The van der Waals surface area contributed by atoms with Crippen molar-refractivity contribution in [3.8, 4) is 0 Å². The molecule has 0 saturated carbocycles. The summed E-state index contributed by atoms with van der Waals surface area (Å²) < 4.78 is 0. The van der Waals surface area contributed by atoms with Gasteiger partial charge in [-0.15, -0.1) is 0 Å². The lowest BCUT2D eigenvalue weighted by Crippen LogP contribution is -2.34. The van der Waals surface area contributed by atoms with Crippen LogP contribution in [-0.4, -0.2) is 23.1 Å². The van der Waals surface area contributed by atoms with E-state index in [1.54, 1.807) is 12.4 Å². The van der Waals surface area contributed by atoms with Gasteiger partial charge in [0.2, 0.25) is 0 Å². The van der Waals surface area contributed by atoms with Crippen LogP contribution in [0, 0.1) is 5.92 Å². The molecule has 0 bridgehead atoms. The van der Waals surface area contributed by atoms with Crippen LogP contribution in [-0.2, 0) is 0 Å². The molecule has 1 aromatic heterocycles. The van der Waals surface area contributed by atoms with Crippen LogP contribution in [0.15, 0.2) is 12.4 Å². The third-order valence-electron chi connectivity index (χ3n) is 3.32. The van der Waals surface area contributed by atoms with Gasteiger partial charge in [0.1, 0.15) is 0 Å². The van der Waals surface area contributed by atoms with Gasteiger partial charge in [0, 0.05) is 25.5 Å². The summed E-state index contributed by atoms with van der Waals surface area (Å²) in [7, 11) is 0. The highest BCUT2D eigenvalue weighted by molar-refractivity contribution is 5.57. The zero-order valence-corrected chi connectivity index (χ0v) is 9.89. The fourth-order valence-corrected chi connectivity index (χ4v) is 2.43. The Morgan fingerprint density at radius 3 is 2.62 bits per heavy atom. The normalized spacial score (nSPS) is 17.7. The third kappa shape index (κ3) is 2.43. The average Bonchev–Trinajstić information content (AvgIpc) is 2.31. The zero-order valence-electron chi connectivity index (χ0n) is 9.89. The van der Waals surface area contributed by atoms with E-state index in [0.717, 1.165) is 24.8 Å². The van der Waals surface area contributed by atoms with Crippen molar-refractivity contribution >= 4 is 11.6 Å². The van der Waals surface area contributed by atoms with E-state index < -0.39 is 0 Å². The Labute approximate surface area is 96.9 Å². The highest BCUT2D eigenvalue weighted by Crippen LogP contribution is 2.26. The lowest BCUT2D eigenvalue weighted by molar-refractivity contribution is 0.377. The smallest absolute Gasteiger partial charge is 0.171 e. The minimum atomic E-state index is 0.552. The second kappa shape index (κ2) is 5.14. The predicted octanol–water partition coefficient (Wildman–Crippen LogP) is 2.08. The van der Waals surface area contributed by atoms with Crippen molar-refractivity contribution in [1.82, 2.24) is 9.97 Å². The maximum atomic E-state index is 5.83. The van der Waals surface area contributed by atoms with Crippen molar-refractivity contribution in [2.45, 2.75) is 32.6 Å². The van der Waals surface area contributed by atoms with Crippen molar-refractivity contribution in [2.24, 2.45) is 5.92 Å². The SMILES string of the molecule is CCCC1CCN(c2nccnc2N)CC1. The largest absolute Gasteiger partial charge is 0.381 e. The first-order chi connectivity index (χ1) is 7.81. The molecule has 0 aliphatic carbocycles. The van der Waals surface area contributed by atoms with Gasteiger partial charge in [-0.25, -0.2) is 9.97 Å². The van der Waals surface area contributed by atoms with Gasteiger partial charge >= 0.3 is 0 Å². The molecule has 4 heteroatoms. The van der Waals surface area contributed by atoms with E-state index >= 15 is 0 Å². The molecule has 1 saturated heterocycles. The highest BCUT2D eigenvalue weighted by Gasteiger charge is 2.20. The molecule has 16 heavy (non-hydrogen) atoms. The molecule has 1 aliphatic rings. The molecule has 0 aromatic carbocycles. The molecule has 0 amide bonds. The Morgan fingerprint density at radius 1 is 1.31 bits per heavy atom. The first-order valence-electron chi connectivity index (χ1n) is 6.12. The second-order valence-corrected chi connectivity index (χ2v) is 4.48. The predicted molar refractivity (Wildman–Crippen MR) is 66.3 cm³/mol. The number of rotatable bonds is 3. The summed E-state index contributed by atoms with van der Waals surface area (Å²) in [6.45, 7) is 4.38. The molecular weight excluding hydrogens is 200 g/mol. The van der Waals surface area contributed by atoms with Crippen molar-refractivity contribution in [3.05, 3.63) is 12.4 Å². The van der Waals surface area contributed by atoms with E-state index in [0.29, 0.717) is 5.82 Å². The molecule has 1 aliphatic heterocycles. The summed E-state index contributed by atoms with van der Waals surface area (Å²) in [5.74, 6) is 2.30. The summed E-state index contributed by atoms with van der Waals surface area (Å²) >= 11 is 0. The number of nitrogens with two attached hydrogens (primary N) is 1. The standard InChI is InChI=1S/C12H20N4/c1-2-3-10-4-8-16(9-5-10)12-11(13)14-6-7-15-12/h6-7,10H,2-5,8-9H2,1H3,(H2,13,14). The molecule has 4 nitrogen and oxygen atoms in total. The second-order valence-electron chi connectivity index (χ2n) is 4.48. The Morgan fingerprint density at radius 2 is 2.00 bits per heavy atom. The summed E-state index contributed by atoms with van der Waals surface area (Å²) in [5, 5.41) is 0. The molecule has 2 rings (SSSR count). The van der Waals surface area contributed by atoms with Crippen molar-refractivity contribution in [2.75, 3.05) is 23.7 Å². The van der Waals surface area contributed by atoms with Crippen LogP contribution in [0.5, 0.6) is 0 Å². The Balaban J connectivity index is 1.96. The van der Waals surface area contributed by atoms with Crippen LogP contribution in [0.1, 0.15) is 32.6 Å². The maximum absolute atomic E-state index is 5.83. The molecule has 1 aromatic rings. The van der Waals surface area contributed by atoms with Crippen molar-refractivity contribution in [3.63, 3.8) is 0 Å². The van der Waals surface area contributed by atoms with E-state index in [1.807, 2.05) is 0 Å². The number of piperidine rings is 1. The number of aromatic nitrogens is 2. The van der Waals surface area contributed by atoms with Gasteiger partial charge < -0.3 is 10.6 Å². The maximum Gasteiger partial charge on any atom is 0.171 e. The monoisotopic (exact) mass is 220 g/mol. The van der Waals surface area contributed by atoms with Crippen LogP contribution in [0.4, 0.5) is 11.6 Å². The van der Waals surface area contributed by atoms with Crippen LogP contribution >= 0.6 is 0 Å². The molecular formula is C12H20N4. The molecule has 2 heterocycles. The Bertz CT molecular complexity index is 332. The summed E-state index contributed by atoms with van der Waals surface area (Å²) in [4.78, 5) is 10.7. The quantitative estimate of drug-likeness (QED) is 0.847. The van der Waals surface area contributed by atoms with E-state index in [-0.39, 0.29) is 0 Å². The van der Waals surface area contributed by atoms with Gasteiger partial charge in [-0.1, -0.05) is 19.8 Å². The molecule has 0 radical (unpaired) electrons. The van der Waals surface area contributed by atoms with Gasteiger partial charge in [-0.3, -0.25) is 0 Å². The van der Waals surface area contributed by atoms with Crippen LogP contribution < -0.4 is 10.6 Å². The van der Waals surface area contributed by atoms with Gasteiger partial charge in [0.15, 0.2) is 11.6 Å². The van der Waals surface area contributed by atoms with Crippen LogP contribution in [0.25, 0.3) is 0 Å². The summed E-state index contributed by atoms with van der Waals surface area (Å²) in [6, 6.07) is 0. The zero-order chi connectivity index (χ0) is 11.4. The first kappa shape index (κ1) is 11.2. The first-order valence-corrected chi connectivity index (χ1v) is 6.12. The van der Waals surface area contributed by atoms with Gasteiger partial charge in [-0.2, -0.15) is 0 Å². The Hall–Kier alpha value is -1.32. The minimum Gasteiger partial charge on any atom is -0.381 e. The summed E-state index contributed by atoms with van der Waals surface area (Å²) in [5.41, 5.74) is 5.83. The minimum absolute atomic E-state index is 0.552. The molecule has 0 atom stereocenters. The van der Waals surface area contributed by atoms with Gasteiger partial charge in [0.05, 0.1) is 0 Å². The van der Waals surface area contributed by atoms with E-state index in [2.05, 4.69) is 21.8 Å². The number of hydrogen-bond donors (Lipinski definition) is 1.